The second-order valence-electron chi connectivity index (χ2n) is 8.36. The third-order valence-corrected chi connectivity index (χ3v) is 6.42. The molecule has 4 nitrogen and oxygen atoms in total. The topological polar surface area (TPSA) is 63.6 Å². The van der Waals surface area contributed by atoms with Gasteiger partial charge in [-0.05, 0) is 43.2 Å². The van der Waals surface area contributed by atoms with Gasteiger partial charge in [0.15, 0.2) is 0 Å². The number of carbonyl (C=O) groups excluding carboxylic acids is 1. The summed E-state index contributed by atoms with van der Waals surface area (Å²) >= 11 is 0. The standard InChI is InChI=1S/C26H26O4/c1-17-9-3-4-12-19(17)25(29)30-22-15-8-11-18-10-7-14-20(23(18)22)26(2)16-6-5-13-21(26)24(27)28/h5-11,13-16,19,21H,3-4,12H2,1-2H3,(H,27,28). The molecule has 0 amide bonds. The van der Waals surface area contributed by atoms with Gasteiger partial charge in [-0.3, -0.25) is 9.59 Å². The monoisotopic (exact) mass is 402 g/mol. The molecule has 3 atom stereocenters. The summed E-state index contributed by atoms with van der Waals surface area (Å²) in [7, 11) is 0. The summed E-state index contributed by atoms with van der Waals surface area (Å²) in [5, 5.41) is 11.6. The van der Waals surface area contributed by atoms with E-state index in [0.717, 1.165) is 41.2 Å². The van der Waals surface area contributed by atoms with Crippen LogP contribution in [-0.2, 0) is 15.0 Å². The zero-order valence-corrected chi connectivity index (χ0v) is 17.3. The normalized spacial score (nSPS) is 25.7. The number of fused-ring (bicyclic) bond motifs is 1. The number of carboxylic acid groups (broad SMARTS) is 1. The number of hydrogen-bond acceptors (Lipinski definition) is 3. The Balaban J connectivity index is 1.81. The molecule has 0 aliphatic heterocycles. The average molecular weight is 402 g/mol. The third kappa shape index (κ3) is 3.47. The van der Waals surface area contributed by atoms with Gasteiger partial charge < -0.3 is 9.84 Å². The zero-order chi connectivity index (χ0) is 21.3. The lowest BCUT2D eigenvalue weighted by atomic mass is 9.68. The van der Waals surface area contributed by atoms with E-state index in [4.69, 9.17) is 4.74 Å². The molecule has 0 saturated heterocycles. The highest BCUT2D eigenvalue weighted by molar-refractivity contribution is 5.95. The maximum atomic E-state index is 13.0. The van der Waals surface area contributed by atoms with Crippen LogP contribution >= 0.6 is 0 Å². The van der Waals surface area contributed by atoms with Crippen LogP contribution in [0.3, 0.4) is 0 Å². The molecule has 0 radical (unpaired) electrons. The molecule has 3 unspecified atom stereocenters. The number of hydrogen-bond donors (Lipinski definition) is 1. The van der Waals surface area contributed by atoms with E-state index >= 15 is 0 Å². The predicted molar refractivity (Wildman–Crippen MR) is 117 cm³/mol. The van der Waals surface area contributed by atoms with Crippen molar-refractivity contribution in [3.05, 3.63) is 77.9 Å². The Morgan fingerprint density at radius 3 is 2.63 bits per heavy atom. The number of aliphatic carboxylic acids is 1. The fourth-order valence-corrected chi connectivity index (χ4v) is 4.68. The van der Waals surface area contributed by atoms with Crippen LogP contribution in [0, 0.1) is 11.8 Å². The first-order valence-electron chi connectivity index (χ1n) is 10.4. The van der Waals surface area contributed by atoms with Crippen LogP contribution in [0.25, 0.3) is 10.8 Å². The van der Waals surface area contributed by atoms with Crippen LogP contribution in [0.4, 0.5) is 0 Å². The van der Waals surface area contributed by atoms with Crippen molar-refractivity contribution in [2.24, 2.45) is 11.8 Å². The van der Waals surface area contributed by atoms with Crippen LogP contribution in [0.5, 0.6) is 5.75 Å². The van der Waals surface area contributed by atoms with Gasteiger partial charge in [-0.2, -0.15) is 0 Å². The molecule has 4 heteroatoms. The number of carboxylic acids is 1. The van der Waals surface area contributed by atoms with Gasteiger partial charge in [-0.1, -0.05) is 73.2 Å². The lowest BCUT2D eigenvalue weighted by molar-refractivity contribution is -0.141. The number of esters is 1. The summed E-state index contributed by atoms with van der Waals surface area (Å²) in [4.78, 5) is 25.0. The summed E-state index contributed by atoms with van der Waals surface area (Å²) in [6, 6.07) is 11.4. The van der Waals surface area contributed by atoms with E-state index in [1.165, 1.54) is 0 Å². The van der Waals surface area contributed by atoms with E-state index in [9.17, 15) is 14.7 Å². The fourth-order valence-electron chi connectivity index (χ4n) is 4.68. The molecule has 30 heavy (non-hydrogen) atoms. The molecule has 2 aromatic carbocycles. The Morgan fingerprint density at radius 1 is 1.13 bits per heavy atom. The van der Waals surface area contributed by atoms with Crippen LogP contribution in [0.1, 0.15) is 38.7 Å². The van der Waals surface area contributed by atoms with Gasteiger partial charge in [0.1, 0.15) is 5.75 Å². The second kappa shape index (κ2) is 7.94. The first kappa shape index (κ1) is 20.1. The number of ether oxygens (including phenoxy) is 1. The Hall–Kier alpha value is -3.14. The summed E-state index contributed by atoms with van der Waals surface area (Å²) < 4.78 is 5.94. The number of carbonyl (C=O) groups is 2. The third-order valence-electron chi connectivity index (χ3n) is 6.42. The minimum atomic E-state index is -0.882. The highest BCUT2D eigenvalue weighted by atomic mass is 16.5. The fraction of sp³-hybridized carbons (Fsp3) is 0.308. The Labute approximate surface area is 176 Å². The molecule has 154 valence electrons. The second-order valence-corrected chi connectivity index (χ2v) is 8.36. The molecule has 2 aromatic rings. The molecular weight excluding hydrogens is 376 g/mol. The minimum absolute atomic E-state index is 0.221. The predicted octanol–water partition coefficient (Wildman–Crippen LogP) is 5.58. The first-order valence-corrected chi connectivity index (χ1v) is 10.4. The van der Waals surface area contributed by atoms with Crippen molar-refractivity contribution in [1.29, 1.82) is 0 Å². The molecule has 0 bridgehead atoms. The summed E-state index contributed by atoms with van der Waals surface area (Å²) in [6.45, 7) is 3.91. The smallest absolute Gasteiger partial charge is 0.318 e. The van der Waals surface area contributed by atoms with Gasteiger partial charge in [0, 0.05) is 10.8 Å². The highest BCUT2D eigenvalue weighted by Gasteiger charge is 2.40. The molecule has 0 spiro atoms. The summed E-state index contributed by atoms with van der Waals surface area (Å²) in [5.41, 5.74) is 1.14. The largest absolute Gasteiger partial charge is 0.481 e. The molecule has 2 aliphatic carbocycles. The Morgan fingerprint density at radius 2 is 1.90 bits per heavy atom. The van der Waals surface area contributed by atoms with E-state index in [2.05, 4.69) is 6.08 Å². The molecule has 0 fully saturated rings. The van der Waals surface area contributed by atoms with Crippen molar-refractivity contribution in [2.45, 2.75) is 38.5 Å². The van der Waals surface area contributed by atoms with Gasteiger partial charge in [-0.25, -0.2) is 0 Å². The van der Waals surface area contributed by atoms with Crippen molar-refractivity contribution in [3.8, 4) is 5.75 Å². The average Bonchev–Trinajstić information content (AvgIpc) is 2.74. The maximum Gasteiger partial charge on any atom is 0.318 e. The first-order chi connectivity index (χ1) is 14.4. The van der Waals surface area contributed by atoms with Crippen LogP contribution in [-0.4, -0.2) is 17.0 Å². The minimum Gasteiger partial charge on any atom is -0.481 e. The van der Waals surface area contributed by atoms with Crippen LogP contribution < -0.4 is 4.74 Å². The number of allylic oxidation sites excluding steroid dienone is 4. The Kier molecular flexibility index (Phi) is 5.33. The molecular formula is C26H26O4. The van der Waals surface area contributed by atoms with Gasteiger partial charge in [-0.15, -0.1) is 0 Å². The Bertz CT molecular complexity index is 1090. The SMILES string of the molecule is CC1=CCCCC1C(=O)Oc1cccc2cccc(C3(C)C=CC=CC3C(=O)O)c12. The van der Waals surface area contributed by atoms with E-state index in [-0.39, 0.29) is 11.9 Å². The van der Waals surface area contributed by atoms with Gasteiger partial charge in [0.05, 0.1) is 11.8 Å². The van der Waals surface area contributed by atoms with E-state index < -0.39 is 17.3 Å². The van der Waals surface area contributed by atoms with Gasteiger partial charge in [0.25, 0.3) is 0 Å². The zero-order valence-electron chi connectivity index (χ0n) is 17.3. The molecule has 0 heterocycles. The van der Waals surface area contributed by atoms with Crippen molar-refractivity contribution in [2.75, 3.05) is 0 Å². The van der Waals surface area contributed by atoms with Crippen molar-refractivity contribution in [1.82, 2.24) is 0 Å². The van der Waals surface area contributed by atoms with E-state index in [0.29, 0.717) is 5.75 Å². The molecule has 0 aromatic heterocycles. The maximum absolute atomic E-state index is 13.0. The summed E-state index contributed by atoms with van der Waals surface area (Å²) in [6.07, 6.45) is 12.2. The van der Waals surface area contributed by atoms with Gasteiger partial charge >= 0.3 is 11.9 Å². The van der Waals surface area contributed by atoms with Crippen LogP contribution in [0.2, 0.25) is 0 Å². The van der Waals surface area contributed by atoms with E-state index in [1.807, 2.05) is 56.3 Å². The van der Waals surface area contributed by atoms with Gasteiger partial charge in [0.2, 0.25) is 0 Å². The number of benzene rings is 2. The van der Waals surface area contributed by atoms with Crippen molar-refractivity contribution in [3.63, 3.8) is 0 Å². The lowest BCUT2D eigenvalue weighted by Gasteiger charge is -2.34. The molecule has 1 N–H and O–H groups in total. The summed E-state index contributed by atoms with van der Waals surface area (Å²) in [5.74, 6) is -1.57. The number of rotatable bonds is 4. The molecule has 2 aliphatic rings. The van der Waals surface area contributed by atoms with E-state index in [1.54, 1.807) is 18.2 Å². The molecule has 0 saturated carbocycles. The highest BCUT2D eigenvalue weighted by Crippen LogP contribution is 2.43. The van der Waals surface area contributed by atoms with Crippen molar-refractivity contribution >= 4 is 22.7 Å². The quantitative estimate of drug-likeness (QED) is 0.412. The lowest BCUT2D eigenvalue weighted by Crippen LogP contribution is -2.36. The molecule has 4 rings (SSSR count). The van der Waals surface area contributed by atoms with Crippen molar-refractivity contribution < 1.29 is 19.4 Å². The van der Waals surface area contributed by atoms with Crippen LogP contribution in [0.15, 0.2) is 72.4 Å².